The summed E-state index contributed by atoms with van der Waals surface area (Å²) in [7, 11) is 1.52. The van der Waals surface area contributed by atoms with Crippen LogP contribution in [0.15, 0.2) is 18.2 Å². The maximum absolute atomic E-state index is 12.0. The van der Waals surface area contributed by atoms with Crippen molar-refractivity contribution in [2.24, 2.45) is 0 Å². The standard InChI is InChI=1S/C15H20N2O4S/c1-10-5-4-6-11(2)15(10)16-12(18)7-17(3)13(19)8-22-9-14(20)21/h4-6H,7-9H2,1-3H3,(H,16,18)(H,20,21). The Morgan fingerprint density at radius 2 is 1.77 bits per heavy atom. The van der Waals surface area contributed by atoms with Crippen LogP contribution >= 0.6 is 11.8 Å². The average Bonchev–Trinajstić information content (AvgIpc) is 2.42. The number of aliphatic carboxylic acids is 1. The number of nitrogens with zero attached hydrogens (tertiary/aromatic N) is 1. The predicted molar refractivity (Wildman–Crippen MR) is 87.1 cm³/mol. The number of para-hydroxylation sites is 1. The molecule has 0 radical (unpaired) electrons. The largest absolute Gasteiger partial charge is 0.481 e. The van der Waals surface area contributed by atoms with Crippen molar-refractivity contribution in [3.05, 3.63) is 29.3 Å². The summed E-state index contributed by atoms with van der Waals surface area (Å²) in [5, 5.41) is 11.3. The zero-order valence-electron chi connectivity index (χ0n) is 12.9. The molecule has 0 aromatic heterocycles. The molecule has 22 heavy (non-hydrogen) atoms. The molecule has 2 N–H and O–H groups in total. The SMILES string of the molecule is Cc1cccc(C)c1NC(=O)CN(C)C(=O)CSCC(=O)O. The maximum Gasteiger partial charge on any atom is 0.313 e. The molecule has 0 fully saturated rings. The maximum atomic E-state index is 12.0. The summed E-state index contributed by atoms with van der Waals surface area (Å²) in [4.78, 5) is 35.5. The van der Waals surface area contributed by atoms with Gasteiger partial charge in [0.1, 0.15) is 0 Å². The van der Waals surface area contributed by atoms with Gasteiger partial charge in [-0.15, -0.1) is 11.8 Å². The minimum atomic E-state index is -0.965. The molecule has 0 atom stereocenters. The lowest BCUT2D eigenvalue weighted by Gasteiger charge is -2.18. The Labute approximate surface area is 133 Å². The predicted octanol–water partition coefficient (Wildman–Crippen LogP) is 1.52. The van der Waals surface area contributed by atoms with Crippen LogP contribution in [0, 0.1) is 13.8 Å². The van der Waals surface area contributed by atoms with Crippen LogP contribution in [0.2, 0.25) is 0 Å². The molecule has 0 bridgehead atoms. The van der Waals surface area contributed by atoms with E-state index < -0.39 is 5.97 Å². The third-order valence-corrected chi connectivity index (χ3v) is 3.91. The Kier molecular flexibility index (Phi) is 6.91. The normalized spacial score (nSPS) is 10.1. The average molecular weight is 324 g/mol. The molecule has 0 spiro atoms. The van der Waals surface area contributed by atoms with E-state index in [1.807, 2.05) is 32.0 Å². The lowest BCUT2D eigenvalue weighted by molar-refractivity contribution is -0.133. The number of hydrogen-bond donors (Lipinski definition) is 2. The van der Waals surface area contributed by atoms with Gasteiger partial charge < -0.3 is 15.3 Å². The Morgan fingerprint density at radius 3 is 2.32 bits per heavy atom. The fourth-order valence-corrected chi connectivity index (χ4v) is 2.50. The smallest absolute Gasteiger partial charge is 0.313 e. The van der Waals surface area contributed by atoms with E-state index in [4.69, 9.17) is 5.11 Å². The molecule has 0 aliphatic carbocycles. The first-order chi connectivity index (χ1) is 10.3. The molecule has 0 heterocycles. The summed E-state index contributed by atoms with van der Waals surface area (Å²) >= 11 is 1.01. The third kappa shape index (κ3) is 5.77. The highest BCUT2D eigenvalue weighted by Gasteiger charge is 2.14. The molecule has 6 nitrogen and oxygen atoms in total. The molecular formula is C15H20N2O4S. The van der Waals surface area contributed by atoms with Crippen molar-refractivity contribution in [1.29, 1.82) is 0 Å². The lowest BCUT2D eigenvalue weighted by atomic mass is 10.1. The van der Waals surface area contributed by atoms with Crippen LogP contribution in [0.5, 0.6) is 0 Å². The third-order valence-electron chi connectivity index (χ3n) is 3.00. The van der Waals surface area contributed by atoms with Gasteiger partial charge in [-0.25, -0.2) is 0 Å². The number of aryl methyl sites for hydroxylation is 2. The number of hydrogen-bond acceptors (Lipinski definition) is 4. The molecule has 1 aromatic carbocycles. The van der Waals surface area contributed by atoms with Crippen LogP contribution in [0.1, 0.15) is 11.1 Å². The zero-order chi connectivity index (χ0) is 16.7. The van der Waals surface area contributed by atoms with Crippen LogP contribution in [0.4, 0.5) is 5.69 Å². The van der Waals surface area contributed by atoms with Gasteiger partial charge in [-0.2, -0.15) is 0 Å². The second-order valence-electron chi connectivity index (χ2n) is 4.95. The van der Waals surface area contributed by atoms with Crippen molar-refractivity contribution in [3.8, 4) is 0 Å². The van der Waals surface area contributed by atoms with Gasteiger partial charge in [0.05, 0.1) is 18.1 Å². The topological polar surface area (TPSA) is 86.7 Å². The lowest BCUT2D eigenvalue weighted by Crippen LogP contribution is -2.36. The van der Waals surface area contributed by atoms with Gasteiger partial charge in [0, 0.05) is 12.7 Å². The first kappa shape index (κ1) is 18.0. The van der Waals surface area contributed by atoms with E-state index >= 15 is 0 Å². The number of carboxylic acids is 1. The second kappa shape index (κ2) is 8.43. The van der Waals surface area contributed by atoms with E-state index in [1.54, 1.807) is 0 Å². The van der Waals surface area contributed by atoms with Crippen LogP contribution < -0.4 is 5.32 Å². The number of carbonyl (C=O) groups excluding carboxylic acids is 2. The van der Waals surface area contributed by atoms with Gasteiger partial charge >= 0.3 is 5.97 Å². The van der Waals surface area contributed by atoms with Crippen molar-refractivity contribution < 1.29 is 19.5 Å². The Bertz CT molecular complexity index is 554. The number of amides is 2. The van der Waals surface area contributed by atoms with Crippen molar-refractivity contribution >= 4 is 35.2 Å². The fourth-order valence-electron chi connectivity index (χ4n) is 1.83. The highest BCUT2D eigenvalue weighted by atomic mass is 32.2. The monoisotopic (exact) mass is 324 g/mol. The Morgan fingerprint density at radius 1 is 1.18 bits per heavy atom. The van der Waals surface area contributed by atoms with E-state index in [0.29, 0.717) is 0 Å². The summed E-state index contributed by atoms with van der Waals surface area (Å²) in [6.45, 7) is 3.74. The van der Waals surface area contributed by atoms with Crippen LogP contribution in [0.3, 0.4) is 0 Å². The molecule has 120 valence electrons. The number of likely N-dealkylation sites (N-methyl/N-ethyl adjacent to an activating group) is 1. The molecule has 0 unspecified atom stereocenters. The minimum Gasteiger partial charge on any atom is -0.481 e. The van der Waals surface area contributed by atoms with Gasteiger partial charge in [-0.3, -0.25) is 14.4 Å². The van der Waals surface area contributed by atoms with Gasteiger partial charge in [-0.05, 0) is 25.0 Å². The van der Waals surface area contributed by atoms with Crippen molar-refractivity contribution in [2.45, 2.75) is 13.8 Å². The van der Waals surface area contributed by atoms with E-state index in [-0.39, 0.29) is 29.9 Å². The van der Waals surface area contributed by atoms with Gasteiger partial charge in [-0.1, -0.05) is 18.2 Å². The molecule has 0 saturated carbocycles. The molecule has 1 rings (SSSR count). The molecule has 1 aromatic rings. The molecule has 0 aliphatic heterocycles. The van der Waals surface area contributed by atoms with E-state index in [1.165, 1.54) is 11.9 Å². The highest BCUT2D eigenvalue weighted by molar-refractivity contribution is 8.00. The number of carboxylic acid groups (broad SMARTS) is 1. The van der Waals surface area contributed by atoms with Gasteiger partial charge in [0.2, 0.25) is 11.8 Å². The van der Waals surface area contributed by atoms with E-state index in [9.17, 15) is 14.4 Å². The second-order valence-corrected chi connectivity index (χ2v) is 5.94. The summed E-state index contributed by atoms with van der Waals surface area (Å²) in [6, 6.07) is 5.72. The molecule has 7 heteroatoms. The van der Waals surface area contributed by atoms with Crippen molar-refractivity contribution in [1.82, 2.24) is 4.90 Å². The zero-order valence-corrected chi connectivity index (χ0v) is 13.7. The summed E-state index contributed by atoms with van der Waals surface area (Å²) in [5.74, 6) is -1.61. The summed E-state index contributed by atoms with van der Waals surface area (Å²) in [6.07, 6.45) is 0. The van der Waals surface area contributed by atoms with Gasteiger partial charge in [0.15, 0.2) is 0 Å². The van der Waals surface area contributed by atoms with Crippen molar-refractivity contribution in [3.63, 3.8) is 0 Å². The number of anilines is 1. The molecular weight excluding hydrogens is 304 g/mol. The number of rotatable bonds is 7. The summed E-state index contributed by atoms with van der Waals surface area (Å²) in [5.41, 5.74) is 2.67. The van der Waals surface area contributed by atoms with Crippen molar-refractivity contribution in [2.75, 3.05) is 30.4 Å². The first-order valence-electron chi connectivity index (χ1n) is 6.71. The summed E-state index contributed by atoms with van der Waals surface area (Å²) < 4.78 is 0. The van der Waals surface area contributed by atoms with E-state index in [0.717, 1.165) is 28.6 Å². The van der Waals surface area contributed by atoms with E-state index in [2.05, 4.69) is 5.32 Å². The quantitative estimate of drug-likeness (QED) is 0.794. The molecule has 2 amide bonds. The fraction of sp³-hybridized carbons (Fsp3) is 0.400. The first-order valence-corrected chi connectivity index (χ1v) is 7.86. The van der Waals surface area contributed by atoms with Gasteiger partial charge in [0.25, 0.3) is 0 Å². The minimum absolute atomic E-state index is 0.0411. The Balaban J connectivity index is 2.50. The van der Waals surface area contributed by atoms with Crippen LogP contribution in [-0.2, 0) is 14.4 Å². The number of carbonyl (C=O) groups is 3. The number of benzene rings is 1. The Hall–Kier alpha value is -2.02. The highest BCUT2D eigenvalue weighted by Crippen LogP contribution is 2.19. The van der Waals surface area contributed by atoms with Crippen LogP contribution in [0.25, 0.3) is 0 Å². The number of nitrogens with one attached hydrogen (secondary N) is 1. The molecule has 0 saturated heterocycles. The number of thioether (sulfide) groups is 1. The molecule has 0 aliphatic rings. The van der Waals surface area contributed by atoms with Crippen LogP contribution in [-0.4, -0.2) is 52.9 Å².